The van der Waals surface area contributed by atoms with Crippen molar-refractivity contribution in [2.24, 2.45) is 0 Å². The number of nitrogens with zero attached hydrogens (tertiary/aromatic N) is 5. The number of piperidine rings is 1. The van der Waals surface area contributed by atoms with Crippen molar-refractivity contribution in [1.82, 2.24) is 24.7 Å². The van der Waals surface area contributed by atoms with E-state index in [4.69, 9.17) is 0 Å². The van der Waals surface area contributed by atoms with Gasteiger partial charge in [-0.1, -0.05) is 6.07 Å². The quantitative estimate of drug-likeness (QED) is 0.687. The van der Waals surface area contributed by atoms with E-state index in [1.54, 1.807) is 6.07 Å². The van der Waals surface area contributed by atoms with Crippen molar-refractivity contribution in [2.45, 2.75) is 18.9 Å². The van der Waals surface area contributed by atoms with E-state index in [0.29, 0.717) is 17.8 Å². The number of carbonyl (C=O) groups is 1. The third kappa shape index (κ3) is 3.16. The zero-order chi connectivity index (χ0) is 19.0. The maximum atomic E-state index is 13.8. The molecule has 140 valence electrons. The smallest absolute Gasteiger partial charge is 0.338 e. The number of halogens is 2. The summed E-state index contributed by atoms with van der Waals surface area (Å²) in [5.41, 5.74) is -0.890. The molecule has 1 aliphatic rings. The summed E-state index contributed by atoms with van der Waals surface area (Å²) in [7, 11) is 0. The maximum Gasteiger partial charge on any atom is 0.369 e. The molecule has 3 heterocycles. The van der Waals surface area contributed by atoms with Gasteiger partial charge < -0.3 is 4.90 Å². The van der Waals surface area contributed by atoms with Gasteiger partial charge in [-0.2, -0.15) is 9.36 Å². The molecule has 0 bridgehead atoms. The van der Waals surface area contributed by atoms with Gasteiger partial charge in [0.05, 0.1) is 6.04 Å². The predicted octanol–water partition coefficient (Wildman–Crippen LogP) is 2.25. The molecule has 1 aliphatic heterocycles. The normalized spacial score (nSPS) is 15.3. The van der Waals surface area contributed by atoms with Gasteiger partial charge in [-0.3, -0.25) is 4.79 Å². The van der Waals surface area contributed by atoms with E-state index in [2.05, 4.69) is 10.4 Å². The van der Waals surface area contributed by atoms with Gasteiger partial charge in [0, 0.05) is 13.1 Å². The van der Waals surface area contributed by atoms with Crippen molar-refractivity contribution in [2.75, 3.05) is 13.1 Å². The molecule has 0 spiro atoms. The third-order valence-electron chi connectivity index (χ3n) is 4.59. The summed E-state index contributed by atoms with van der Waals surface area (Å²) >= 11 is 1.38. The molecular formula is C17H15F2N5O2S. The first-order valence-electron chi connectivity index (χ1n) is 8.38. The number of likely N-dealkylation sites (tertiary alicyclic amines) is 1. The van der Waals surface area contributed by atoms with Gasteiger partial charge in [-0.15, -0.1) is 11.3 Å². The molecule has 0 radical (unpaired) electrons. The molecule has 3 aromatic rings. The van der Waals surface area contributed by atoms with Gasteiger partial charge >= 0.3 is 5.69 Å². The molecule has 7 nitrogen and oxygen atoms in total. The van der Waals surface area contributed by atoms with E-state index < -0.39 is 23.1 Å². The molecule has 1 amide bonds. The topological polar surface area (TPSA) is 73.0 Å². The lowest BCUT2D eigenvalue weighted by molar-refractivity contribution is 0.0678. The molecular weight excluding hydrogens is 376 g/mol. The highest BCUT2D eigenvalue weighted by atomic mass is 32.1. The fraction of sp³-hybridized carbons (Fsp3) is 0.294. The number of amides is 1. The lowest BCUT2D eigenvalue weighted by Gasteiger charge is -2.31. The van der Waals surface area contributed by atoms with Crippen LogP contribution in [0.5, 0.6) is 0 Å². The monoisotopic (exact) mass is 391 g/mol. The van der Waals surface area contributed by atoms with Gasteiger partial charge in [0.1, 0.15) is 22.2 Å². The fourth-order valence-electron chi connectivity index (χ4n) is 3.19. The first-order valence-corrected chi connectivity index (χ1v) is 9.26. The number of rotatable bonds is 3. The van der Waals surface area contributed by atoms with E-state index in [-0.39, 0.29) is 24.8 Å². The van der Waals surface area contributed by atoms with Crippen LogP contribution in [0.15, 0.2) is 40.5 Å². The molecule has 10 heteroatoms. The van der Waals surface area contributed by atoms with Crippen LogP contribution in [0.2, 0.25) is 0 Å². The number of hydrogen-bond donors (Lipinski definition) is 0. The first kappa shape index (κ1) is 17.5. The van der Waals surface area contributed by atoms with Crippen LogP contribution in [0, 0.1) is 11.6 Å². The van der Waals surface area contributed by atoms with Crippen molar-refractivity contribution < 1.29 is 13.6 Å². The van der Waals surface area contributed by atoms with Crippen LogP contribution >= 0.6 is 11.3 Å². The summed E-state index contributed by atoms with van der Waals surface area (Å²) < 4.78 is 30.2. The van der Waals surface area contributed by atoms with Gasteiger partial charge in [-0.25, -0.2) is 13.6 Å². The number of benzene rings is 1. The van der Waals surface area contributed by atoms with Crippen LogP contribution < -0.4 is 5.69 Å². The van der Waals surface area contributed by atoms with E-state index in [9.17, 15) is 18.4 Å². The largest absolute Gasteiger partial charge is 0.369 e. The van der Waals surface area contributed by atoms with Gasteiger partial charge in [-0.05, 0) is 52.9 Å². The number of aromatic nitrogens is 4. The molecule has 1 aromatic carbocycles. The molecule has 0 unspecified atom stereocenters. The summed E-state index contributed by atoms with van der Waals surface area (Å²) in [6.45, 7) is 0.547. The van der Waals surface area contributed by atoms with Crippen molar-refractivity contribution in [3.8, 4) is 5.00 Å². The van der Waals surface area contributed by atoms with Crippen LogP contribution in [-0.4, -0.2) is 43.7 Å². The standard InChI is InChI=1S/C17H15F2N5O2S/c18-12-3-1-4-13(19)15(12)16(25)22-8-6-11(7-9-22)23-17(26)24(21-20-23)14-5-2-10-27-14/h1-5,10-11H,6-9H2. The Balaban J connectivity index is 1.48. The van der Waals surface area contributed by atoms with Crippen LogP contribution in [0.25, 0.3) is 5.00 Å². The molecule has 1 saturated heterocycles. The molecule has 0 atom stereocenters. The van der Waals surface area contributed by atoms with E-state index in [1.165, 1.54) is 31.7 Å². The second-order valence-corrected chi connectivity index (χ2v) is 7.12. The second kappa shape index (κ2) is 7.03. The highest BCUT2D eigenvalue weighted by Gasteiger charge is 2.29. The van der Waals surface area contributed by atoms with E-state index >= 15 is 0 Å². The minimum atomic E-state index is -0.878. The Labute approximate surface area is 156 Å². The van der Waals surface area contributed by atoms with E-state index in [0.717, 1.165) is 12.1 Å². The second-order valence-electron chi connectivity index (χ2n) is 6.19. The Kier molecular flexibility index (Phi) is 4.56. The third-order valence-corrected chi connectivity index (χ3v) is 5.44. The Morgan fingerprint density at radius 2 is 1.78 bits per heavy atom. The summed E-state index contributed by atoms with van der Waals surface area (Å²) in [6.07, 6.45) is 0.899. The lowest BCUT2D eigenvalue weighted by atomic mass is 10.0. The summed E-state index contributed by atoms with van der Waals surface area (Å²) in [4.78, 5) is 26.4. The molecule has 0 N–H and O–H groups in total. The van der Waals surface area contributed by atoms with E-state index in [1.807, 2.05) is 11.4 Å². The summed E-state index contributed by atoms with van der Waals surface area (Å²) in [5.74, 6) is -2.44. The Morgan fingerprint density at radius 1 is 1.07 bits per heavy atom. The average molecular weight is 391 g/mol. The average Bonchev–Trinajstić information content (AvgIpc) is 3.31. The minimum Gasteiger partial charge on any atom is -0.338 e. The highest BCUT2D eigenvalue weighted by molar-refractivity contribution is 7.12. The maximum absolute atomic E-state index is 13.8. The lowest BCUT2D eigenvalue weighted by Crippen LogP contribution is -2.41. The minimum absolute atomic E-state index is 0.222. The van der Waals surface area contributed by atoms with Crippen LogP contribution in [0.4, 0.5) is 8.78 Å². The zero-order valence-electron chi connectivity index (χ0n) is 14.1. The fourth-order valence-corrected chi connectivity index (χ4v) is 3.86. The number of carbonyl (C=O) groups excluding carboxylic acids is 1. The molecule has 27 heavy (non-hydrogen) atoms. The number of tetrazole rings is 1. The summed E-state index contributed by atoms with van der Waals surface area (Å²) in [6, 6.07) is 6.71. The van der Waals surface area contributed by atoms with Crippen LogP contribution in [-0.2, 0) is 0 Å². The predicted molar refractivity (Wildman–Crippen MR) is 94.0 cm³/mol. The zero-order valence-corrected chi connectivity index (χ0v) is 14.9. The Hall–Kier alpha value is -2.88. The Bertz CT molecular complexity index is 1000. The first-order chi connectivity index (χ1) is 13.1. The van der Waals surface area contributed by atoms with Crippen molar-refractivity contribution in [3.63, 3.8) is 0 Å². The van der Waals surface area contributed by atoms with Crippen molar-refractivity contribution >= 4 is 17.2 Å². The van der Waals surface area contributed by atoms with Gasteiger partial charge in [0.2, 0.25) is 0 Å². The molecule has 2 aromatic heterocycles. The Morgan fingerprint density at radius 3 is 2.41 bits per heavy atom. The van der Waals surface area contributed by atoms with Gasteiger partial charge in [0.25, 0.3) is 5.91 Å². The number of hydrogen-bond acceptors (Lipinski definition) is 5. The number of thiophene rings is 1. The molecule has 0 saturated carbocycles. The van der Waals surface area contributed by atoms with Crippen LogP contribution in [0.1, 0.15) is 29.2 Å². The molecule has 4 rings (SSSR count). The SMILES string of the molecule is O=C(c1c(F)cccc1F)N1CCC(n2nnn(-c3cccs3)c2=O)CC1. The summed E-state index contributed by atoms with van der Waals surface area (Å²) in [5, 5.41) is 10.4. The van der Waals surface area contributed by atoms with Crippen LogP contribution in [0.3, 0.4) is 0 Å². The van der Waals surface area contributed by atoms with Gasteiger partial charge in [0.15, 0.2) is 0 Å². The highest BCUT2D eigenvalue weighted by Crippen LogP contribution is 2.23. The molecule has 1 fully saturated rings. The van der Waals surface area contributed by atoms with Crippen molar-refractivity contribution in [3.05, 3.63) is 63.4 Å². The molecule has 0 aliphatic carbocycles. The van der Waals surface area contributed by atoms with Crippen molar-refractivity contribution in [1.29, 1.82) is 0 Å².